The van der Waals surface area contributed by atoms with Gasteiger partial charge in [0.05, 0.1) is 0 Å². The molecule has 3 heteroatoms. The summed E-state index contributed by atoms with van der Waals surface area (Å²) >= 11 is 0. The van der Waals surface area contributed by atoms with E-state index in [0.717, 1.165) is 12.0 Å². The van der Waals surface area contributed by atoms with Crippen LogP contribution in [0.25, 0.3) is 0 Å². The van der Waals surface area contributed by atoms with Gasteiger partial charge in [0.1, 0.15) is 0 Å². The van der Waals surface area contributed by atoms with E-state index in [1.807, 2.05) is 0 Å². The molecule has 0 aliphatic carbocycles. The molecule has 2 aliphatic rings. The van der Waals surface area contributed by atoms with Crippen LogP contribution in [0.3, 0.4) is 0 Å². The van der Waals surface area contributed by atoms with Crippen LogP contribution in [0.4, 0.5) is 0 Å². The fraction of sp³-hybridized carbons (Fsp3) is 1.00. The molecule has 2 rings (SSSR count). The zero-order chi connectivity index (χ0) is 13.2. The highest BCUT2D eigenvalue weighted by Gasteiger charge is 2.38. The first-order chi connectivity index (χ1) is 8.53. The second-order valence-corrected chi connectivity index (χ2v) is 6.92. The Bertz CT molecular complexity index is 258. The van der Waals surface area contributed by atoms with E-state index in [2.05, 4.69) is 43.1 Å². The molecule has 0 radical (unpaired) electrons. The van der Waals surface area contributed by atoms with Gasteiger partial charge < -0.3 is 15.1 Å². The molecule has 0 aromatic carbocycles. The molecule has 2 atom stereocenters. The SMILES string of the molecule is CC(C)C1(CN(C)CC2CCCN2C)CCNC1. The average Bonchev–Trinajstić information content (AvgIpc) is 2.90. The molecule has 2 saturated heterocycles. The van der Waals surface area contributed by atoms with E-state index >= 15 is 0 Å². The summed E-state index contributed by atoms with van der Waals surface area (Å²) in [5.41, 5.74) is 0.506. The van der Waals surface area contributed by atoms with Gasteiger partial charge in [-0.1, -0.05) is 13.8 Å². The molecule has 2 heterocycles. The highest BCUT2D eigenvalue weighted by Crippen LogP contribution is 2.35. The van der Waals surface area contributed by atoms with Crippen molar-refractivity contribution in [2.45, 2.75) is 39.2 Å². The minimum Gasteiger partial charge on any atom is -0.316 e. The van der Waals surface area contributed by atoms with Crippen molar-refractivity contribution in [2.24, 2.45) is 11.3 Å². The Kier molecular flexibility index (Phi) is 4.68. The number of likely N-dealkylation sites (tertiary alicyclic amines) is 1. The first-order valence-corrected chi connectivity index (χ1v) is 7.63. The molecule has 0 aromatic rings. The highest BCUT2D eigenvalue weighted by atomic mass is 15.2. The van der Waals surface area contributed by atoms with Crippen molar-refractivity contribution < 1.29 is 0 Å². The Morgan fingerprint density at radius 1 is 1.44 bits per heavy atom. The summed E-state index contributed by atoms with van der Waals surface area (Å²) in [6.45, 7) is 11.0. The van der Waals surface area contributed by atoms with E-state index in [0.29, 0.717) is 5.41 Å². The lowest BCUT2D eigenvalue weighted by Crippen LogP contribution is -2.45. The van der Waals surface area contributed by atoms with Crippen molar-refractivity contribution in [3.05, 3.63) is 0 Å². The summed E-state index contributed by atoms with van der Waals surface area (Å²) in [7, 11) is 4.59. The second-order valence-electron chi connectivity index (χ2n) is 6.92. The van der Waals surface area contributed by atoms with Gasteiger partial charge in [-0.25, -0.2) is 0 Å². The summed E-state index contributed by atoms with van der Waals surface area (Å²) in [6, 6.07) is 0.786. The predicted octanol–water partition coefficient (Wildman–Crippen LogP) is 1.65. The van der Waals surface area contributed by atoms with E-state index in [9.17, 15) is 0 Å². The summed E-state index contributed by atoms with van der Waals surface area (Å²) in [5.74, 6) is 0.774. The molecular weight excluding hydrogens is 222 g/mol. The van der Waals surface area contributed by atoms with Crippen LogP contribution in [0.5, 0.6) is 0 Å². The summed E-state index contributed by atoms with van der Waals surface area (Å²) < 4.78 is 0. The van der Waals surface area contributed by atoms with Crippen LogP contribution in [-0.2, 0) is 0 Å². The van der Waals surface area contributed by atoms with Crippen LogP contribution in [0.15, 0.2) is 0 Å². The van der Waals surface area contributed by atoms with Gasteiger partial charge in [-0.2, -0.15) is 0 Å². The summed E-state index contributed by atoms with van der Waals surface area (Å²) in [6.07, 6.45) is 4.11. The van der Waals surface area contributed by atoms with E-state index in [1.54, 1.807) is 0 Å². The molecule has 2 fully saturated rings. The Hall–Kier alpha value is -0.120. The molecule has 2 aliphatic heterocycles. The Morgan fingerprint density at radius 3 is 2.72 bits per heavy atom. The number of hydrogen-bond donors (Lipinski definition) is 1. The van der Waals surface area contributed by atoms with Gasteiger partial charge in [-0.05, 0) is 57.8 Å². The lowest BCUT2D eigenvalue weighted by atomic mass is 9.76. The molecule has 3 nitrogen and oxygen atoms in total. The third kappa shape index (κ3) is 3.06. The van der Waals surface area contributed by atoms with Crippen molar-refractivity contribution in [3.63, 3.8) is 0 Å². The van der Waals surface area contributed by atoms with Crippen molar-refractivity contribution in [2.75, 3.05) is 46.8 Å². The Labute approximate surface area is 113 Å². The van der Waals surface area contributed by atoms with Crippen LogP contribution in [-0.4, -0.2) is 62.7 Å². The first kappa shape index (κ1) is 14.3. The summed E-state index contributed by atoms with van der Waals surface area (Å²) in [5, 5.41) is 3.57. The third-order valence-corrected chi connectivity index (χ3v) is 5.28. The van der Waals surface area contributed by atoms with Gasteiger partial charge in [0.25, 0.3) is 0 Å². The normalized spacial score (nSPS) is 34.0. The number of nitrogens with zero attached hydrogens (tertiary/aromatic N) is 2. The number of hydrogen-bond acceptors (Lipinski definition) is 3. The molecule has 18 heavy (non-hydrogen) atoms. The zero-order valence-electron chi connectivity index (χ0n) is 12.7. The van der Waals surface area contributed by atoms with Crippen LogP contribution in [0, 0.1) is 11.3 Å². The van der Waals surface area contributed by atoms with E-state index < -0.39 is 0 Å². The maximum atomic E-state index is 3.57. The smallest absolute Gasteiger partial charge is 0.0220 e. The Morgan fingerprint density at radius 2 is 2.22 bits per heavy atom. The van der Waals surface area contributed by atoms with Gasteiger partial charge in [-0.3, -0.25) is 0 Å². The van der Waals surface area contributed by atoms with Crippen LogP contribution in [0.1, 0.15) is 33.1 Å². The molecule has 0 amide bonds. The number of rotatable bonds is 5. The highest BCUT2D eigenvalue weighted by molar-refractivity contribution is 4.93. The molecule has 106 valence electrons. The maximum Gasteiger partial charge on any atom is 0.0220 e. The fourth-order valence-corrected chi connectivity index (χ4v) is 3.75. The van der Waals surface area contributed by atoms with Gasteiger partial charge in [-0.15, -0.1) is 0 Å². The predicted molar refractivity (Wildman–Crippen MR) is 77.9 cm³/mol. The molecule has 0 spiro atoms. The van der Waals surface area contributed by atoms with E-state index in [-0.39, 0.29) is 0 Å². The largest absolute Gasteiger partial charge is 0.316 e. The molecule has 0 bridgehead atoms. The third-order valence-electron chi connectivity index (χ3n) is 5.28. The van der Waals surface area contributed by atoms with Crippen LogP contribution < -0.4 is 5.32 Å². The minimum atomic E-state index is 0.506. The standard InChI is InChI=1S/C15H31N3/c1-13(2)15(7-8-16-11-15)12-17(3)10-14-6-5-9-18(14)4/h13-14,16H,5-12H2,1-4H3. The number of nitrogens with one attached hydrogen (secondary N) is 1. The van der Waals surface area contributed by atoms with Crippen molar-refractivity contribution >= 4 is 0 Å². The topological polar surface area (TPSA) is 18.5 Å². The minimum absolute atomic E-state index is 0.506. The quantitative estimate of drug-likeness (QED) is 0.804. The second kappa shape index (κ2) is 5.89. The van der Waals surface area contributed by atoms with Crippen molar-refractivity contribution in [1.29, 1.82) is 0 Å². The summed E-state index contributed by atoms with van der Waals surface area (Å²) in [4.78, 5) is 5.12. The van der Waals surface area contributed by atoms with Gasteiger partial charge >= 0.3 is 0 Å². The molecule has 0 aromatic heterocycles. The molecular formula is C15H31N3. The molecule has 1 N–H and O–H groups in total. The van der Waals surface area contributed by atoms with Crippen LogP contribution in [0.2, 0.25) is 0 Å². The van der Waals surface area contributed by atoms with Gasteiger partial charge in [0, 0.05) is 25.7 Å². The number of likely N-dealkylation sites (N-methyl/N-ethyl adjacent to an activating group) is 2. The fourth-order valence-electron chi connectivity index (χ4n) is 3.75. The van der Waals surface area contributed by atoms with Crippen molar-refractivity contribution in [3.8, 4) is 0 Å². The monoisotopic (exact) mass is 253 g/mol. The van der Waals surface area contributed by atoms with Crippen LogP contribution >= 0.6 is 0 Å². The lowest BCUT2D eigenvalue weighted by Gasteiger charge is -2.38. The maximum absolute atomic E-state index is 3.57. The van der Waals surface area contributed by atoms with Gasteiger partial charge in [0.15, 0.2) is 0 Å². The first-order valence-electron chi connectivity index (χ1n) is 7.63. The van der Waals surface area contributed by atoms with E-state index in [1.165, 1.54) is 52.0 Å². The molecule has 2 unspecified atom stereocenters. The van der Waals surface area contributed by atoms with E-state index in [4.69, 9.17) is 0 Å². The Balaban J connectivity index is 1.87. The molecule has 0 saturated carbocycles. The van der Waals surface area contributed by atoms with Gasteiger partial charge in [0.2, 0.25) is 0 Å². The van der Waals surface area contributed by atoms with Crippen molar-refractivity contribution in [1.82, 2.24) is 15.1 Å². The lowest BCUT2D eigenvalue weighted by molar-refractivity contribution is 0.116. The average molecular weight is 253 g/mol. The zero-order valence-corrected chi connectivity index (χ0v) is 12.7.